The van der Waals surface area contributed by atoms with Crippen LogP contribution < -0.4 is 10.6 Å². The Morgan fingerprint density at radius 3 is 2.26 bits per heavy atom. The average molecular weight is 362 g/mol. The maximum absolute atomic E-state index is 12.4. The van der Waals surface area contributed by atoms with E-state index in [4.69, 9.17) is 0 Å². The summed E-state index contributed by atoms with van der Waals surface area (Å²) in [4.78, 5) is 38.9. The van der Waals surface area contributed by atoms with E-state index in [2.05, 4.69) is 15.6 Å². The average Bonchev–Trinajstić information content (AvgIpc) is 2.69. The topological polar surface area (TPSA) is 114 Å². The Morgan fingerprint density at radius 1 is 0.889 bits per heavy atom. The van der Waals surface area contributed by atoms with Gasteiger partial charge in [0.1, 0.15) is 5.56 Å². The van der Waals surface area contributed by atoms with Gasteiger partial charge in [0.15, 0.2) is 0 Å². The Labute approximate surface area is 154 Å². The number of amides is 2. The molecule has 3 aromatic rings. The fourth-order valence-electron chi connectivity index (χ4n) is 2.40. The molecule has 0 aliphatic carbocycles. The number of rotatable bonds is 5. The minimum atomic E-state index is -0.613. The number of nitrogens with zero attached hydrogens (tertiary/aromatic N) is 2. The summed E-state index contributed by atoms with van der Waals surface area (Å²) in [5, 5.41) is 16.4. The SMILES string of the molecule is O=C(Nc1cccc(NC(=O)c2ccccc2[N+](=O)[O-])c1)c1cccnc1. The van der Waals surface area contributed by atoms with Crippen LogP contribution in [-0.2, 0) is 0 Å². The molecule has 8 nitrogen and oxygen atoms in total. The van der Waals surface area contributed by atoms with Crippen molar-refractivity contribution in [3.63, 3.8) is 0 Å². The highest BCUT2D eigenvalue weighted by Gasteiger charge is 2.19. The van der Waals surface area contributed by atoms with Gasteiger partial charge in [-0.2, -0.15) is 0 Å². The van der Waals surface area contributed by atoms with Crippen molar-refractivity contribution in [3.05, 3.63) is 94.3 Å². The van der Waals surface area contributed by atoms with Gasteiger partial charge in [-0.25, -0.2) is 0 Å². The van der Waals surface area contributed by atoms with E-state index in [9.17, 15) is 19.7 Å². The van der Waals surface area contributed by atoms with Gasteiger partial charge in [0, 0.05) is 29.8 Å². The number of para-hydroxylation sites is 1. The zero-order valence-electron chi connectivity index (χ0n) is 14.0. The molecule has 0 spiro atoms. The van der Waals surface area contributed by atoms with Crippen LogP contribution in [0.15, 0.2) is 73.1 Å². The Balaban J connectivity index is 1.76. The second-order valence-corrected chi connectivity index (χ2v) is 5.51. The van der Waals surface area contributed by atoms with E-state index in [0.717, 1.165) is 0 Å². The summed E-state index contributed by atoms with van der Waals surface area (Å²) in [6.07, 6.45) is 3.01. The fraction of sp³-hybridized carbons (Fsp3) is 0. The van der Waals surface area contributed by atoms with Crippen molar-refractivity contribution in [2.24, 2.45) is 0 Å². The van der Waals surface area contributed by atoms with Crippen molar-refractivity contribution in [2.75, 3.05) is 10.6 Å². The standard InChI is InChI=1S/C19H14N4O4/c24-18(13-5-4-10-20-12-13)21-14-6-3-7-15(11-14)22-19(25)16-8-1-2-9-17(16)23(26)27/h1-12H,(H,21,24)(H,22,25). The van der Waals surface area contributed by atoms with Crippen molar-refractivity contribution in [2.45, 2.75) is 0 Å². The summed E-state index contributed by atoms with van der Waals surface area (Å²) in [5.74, 6) is -0.955. The number of carbonyl (C=O) groups is 2. The lowest BCUT2D eigenvalue weighted by molar-refractivity contribution is -0.385. The number of nitrogens with one attached hydrogen (secondary N) is 2. The molecule has 2 N–H and O–H groups in total. The molecule has 0 fully saturated rings. The molecule has 1 heterocycles. The van der Waals surface area contributed by atoms with Gasteiger partial charge < -0.3 is 10.6 Å². The van der Waals surface area contributed by atoms with Crippen molar-refractivity contribution in [3.8, 4) is 0 Å². The Bertz CT molecular complexity index is 1010. The van der Waals surface area contributed by atoms with Crippen molar-refractivity contribution in [1.29, 1.82) is 0 Å². The second kappa shape index (κ2) is 7.87. The summed E-state index contributed by atoms with van der Waals surface area (Å²) in [6.45, 7) is 0. The van der Waals surface area contributed by atoms with Gasteiger partial charge in [0.25, 0.3) is 17.5 Å². The predicted octanol–water partition coefficient (Wildman–Crippen LogP) is 3.49. The summed E-state index contributed by atoms with van der Waals surface area (Å²) in [5.41, 5.74) is 0.918. The molecule has 0 aliphatic heterocycles. The third kappa shape index (κ3) is 4.31. The van der Waals surface area contributed by atoms with Crippen LogP contribution in [0.4, 0.5) is 17.1 Å². The molecule has 0 saturated heterocycles. The molecule has 0 atom stereocenters. The van der Waals surface area contributed by atoms with E-state index in [1.54, 1.807) is 48.7 Å². The van der Waals surface area contributed by atoms with Gasteiger partial charge in [0.05, 0.1) is 10.5 Å². The number of anilines is 2. The quantitative estimate of drug-likeness (QED) is 0.532. The lowest BCUT2D eigenvalue weighted by atomic mass is 10.1. The zero-order chi connectivity index (χ0) is 19.2. The van der Waals surface area contributed by atoms with E-state index in [-0.39, 0.29) is 17.2 Å². The monoisotopic (exact) mass is 362 g/mol. The number of hydrogen-bond acceptors (Lipinski definition) is 5. The van der Waals surface area contributed by atoms with E-state index in [0.29, 0.717) is 16.9 Å². The van der Waals surface area contributed by atoms with Gasteiger partial charge in [-0.1, -0.05) is 18.2 Å². The maximum Gasteiger partial charge on any atom is 0.282 e. The van der Waals surface area contributed by atoms with Crippen molar-refractivity contribution in [1.82, 2.24) is 4.98 Å². The molecule has 0 aliphatic rings. The number of pyridine rings is 1. The molecule has 0 unspecified atom stereocenters. The van der Waals surface area contributed by atoms with Gasteiger partial charge in [-0.05, 0) is 36.4 Å². The highest BCUT2D eigenvalue weighted by Crippen LogP contribution is 2.21. The van der Waals surface area contributed by atoms with Crippen molar-refractivity contribution >= 4 is 28.9 Å². The molecule has 8 heteroatoms. The predicted molar refractivity (Wildman–Crippen MR) is 99.7 cm³/mol. The van der Waals surface area contributed by atoms with Crippen LogP contribution in [-0.4, -0.2) is 21.7 Å². The highest BCUT2D eigenvalue weighted by atomic mass is 16.6. The minimum absolute atomic E-state index is 0.0488. The minimum Gasteiger partial charge on any atom is -0.322 e. The number of nitro benzene ring substituents is 1. The first-order valence-corrected chi connectivity index (χ1v) is 7.91. The molecule has 0 radical (unpaired) electrons. The summed E-state index contributed by atoms with van der Waals surface area (Å²) in [6, 6.07) is 15.4. The first-order chi connectivity index (χ1) is 13.0. The lowest BCUT2D eigenvalue weighted by Crippen LogP contribution is -2.15. The summed E-state index contributed by atoms with van der Waals surface area (Å²) >= 11 is 0. The molecular formula is C19H14N4O4. The number of aromatic nitrogens is 1. The van der Waals surface area contributed by atoms with Crippen LogP contribution in [0.25, 0.3) is 0 Å². The van der Waals surface area contributed by atoms with Crippen LogP contribution in [0.3, 0.4) is 0 Å². The zero-order valence-corrected chi connectivity index (χ0v) is 14.0. The van der Waals surface area contributed by atoms with E-state index in [1.165, 1.54) is 24.4 Å². The molecule has 2 amide bonds. The number of hydrogen-bond donors (Lipinski definition) is 2. The summed E-state index contributed by atoms with van der Waals surface area (Å²) < 4.78 is 0. The van der Waals surface area contributed by atoms with Crippen LogP contribution >= 0.6 is 0 Å². The maximum atomic E-state index is 12.4. The highest BCUT2D eigenvalue weighted by molar-refractivity contribution is 6.08. The second-order valence-electron chi connectivity index (χ2n) is 5.51. The molecular weight excluding hydrogens is 348 g/mol. The van der Waals surface area contributed by atoms with Gasteiger partial charge in [-0.3, -0.25) is 24.7 Å². The Kier molecular flexibility index (Phi) is 5.17. The third-order valence-corrected chi connectivity index (χ3v) is 3.65. The fourth-order valence-corrected chi connectivity index (χ4v) is 2.40. The first-order valence-electron chi connectivity index (χ1n) is 7.91. The van der Waals surface area contributed by atoms with Gasteiger partial charge >= 0.3 is 0 Å². The lowest BCUT2D eigenvalue weighted by Gasteiger charge is -2.09. The van der Waals surface area contributed by atoms with E-state index >= 15 is 0 Å². The van der Waals surface area contributed by atoms with Gasteiger partial charge in [0.2, 0.25) is 0 Å². The molecule has 0 saturated carbocycles. The van der Waals surface area contributed by atoms with E-state index < -0.39 is 10.8 Å². The van der Waals surface area contributed by atoms with Crippen molar-refractivity contribution < 1.29 is 14.5 Å². The smallest absolute Gasteiger partial charge is 0.282 e. The molecule has 2 aromatic carbocycles. The number of benzene rings is 2. The number of carbonyl (C=O) groups excluding carboxylic acids is 2. The Hall–Kier alpha value is -4.07. The van der Waals surface area contributed by atoms with Crippen LogP contribution in [0.1, 0.15) is 20.7 Å². The van der Waals surface area contributed by atoms with Crippen LogP contribution in [0.5, 0.6) is 0 Å². The molecule has 134 valence electrons. The Morgan fingerprint density at radius 2 is 1.59 bits per heavy atom. The van der Waals surface area contributed by atoms with E-state index in [1.807, 2.05) is 0 Å². The molecule has 3 rings (SSSR count). The van der Waals surface area contributed by atoms with Crippen LogP contribution in [0.2, 0.25) is 0 Å². The number of nitro groups is 1. The molecule has 1 aromatic heterocycles. The van der Waals surface area contributed by atoms with Crippen LogP contribution in [0, 0.1) is 10.1 Å². The molecule has 0 bridgehead atoms. The molecule has 27 heavy (non-hydrogen) atoms. The summed E-state index contributed by atoms with van der Waals surface area (Å²) in [7, 11) is 0. The first kappa shape index (κ1) is 17.7. The van der Waals surface area contributed by atoms with Gasteiger partial charge in [-0.15, -0.1) is 0 Å². The normalized spacial score (nSPS) is 10.1. The third-order valence-electron chi connectivity index (χ3n) is 3.65. The largest absolute Gasteiger partial charge is 0.322 e.